The van der Waals surface area contributed by atoms with Crippen molar-refractivity contribution in [1.29, 1.82) is 0 Å². The fraction of sp³-hybridized carbons (Fsp3) is 0.950. The van der Waals surface area contributed by atoms with E-state index in [4.69, 9.17) is 13.8 Å². The predicted molar refractivity (Wildman–Crippen MR) is 126 cm³/mol. The van der Waals surface area contributed by atoms with Gasteiger partial charge in [0.15, 0.2) is 0 Å². The third-order valence-corrected chi connectivity index (χ3v) is 6.33. The fourth-order valence-corrected chi connectivity index (χ4v) is 3.94. The Morgan fingerprint density at radius 2 is 1.15 bits per heavy atom. The summed E-state index contributed by atoms with van der Waals surface area (Å²) in [4.78, 5) is 12.2. The molecule has 0 amide bonds. The van der Waals surface area contributed by atoms with Crippen LogP contribution in [0, 0.1) is 5.92 Å². The van der Waals surface area contributed by atoms with Crippen molar-refractivity contribution in [2.24, 2.45) is 5.92 Å². The molecule has 0 aromatic heterocycles. The van der Waals surface area contributed by atoms with Crippen molar-refractivity contribution in [2.45, 2.75) is 52.1 Å². The smallest absolute Gasteiger partial charge is 0.397 e. The molecule has 0 aromatic rings. The molecule has 14 heteroatoms. The first-order valence-electron chi connectivity index (χ1n) is 11.4. The minimum absolute atomic E-state index is 0.0849. The van der Waals surface area contributed by atoms with Crippen molar-refractivity contribution in [3.05, 3.63) is 0 Å². The van der Waals surface area contributed by atoms with E-state index in [1.165, 1.54) is 0 Å². The number of carbonyl (C=O) groups excluding carboxylic acids is 1. The Morgan fingerprint density at radius 3 is 1.59 bits per heavy atom. The third-order valence-electron chi connectivity index (χ3n) is 5.40. The zero-order chi connectivity index (χ0) is 26.6. The van der Waals surface area contributed by atoms with Gasteiger partial charge in [0, 0.05) is 19.3 Å². The van der Waals surface area contributed by atoms with Crippen LogP contribution in [0.5, 0.6) is 0 Å². The van der Waals surface area contributed by atoms with Gasteiger partial charge in [-0.1, -0.05) is 13.8 Å². The lowest BCUT2D eigenvalue weighted by Crippen LogP contribution is -2.43. The van der Waals surface area contributed by atoms with Gasteiger partial charge in [-0.2, -0.15) is 16.8 Å². The van der Waals surface area contributed by atoms with Crippen molar-refractivity contribution in [3.63, 3.8) is 0 Å². The van der Waals surface area contributed by atoms with E-state index in [1.807, 2.05) is 28.2 Å². The Labute approximate surface area is 205 Å². The van der Waals surface area contributed by atoms with Crippen LogP contribution in [-0.2, 0) is 38.7 Å². The normalized spacial score (nSPS) is 14.4. The molecule has 0 aliphatic heterocycles. The molecule has 1 atom stereocenters. The quantitative estimate of drug-likeness (QED) is 0.107. The monoisotopic (exact) mass is 536 g/mol. The molecule has 0 bridgehead atoms. The first kappa shape index (κ1) is 33.1. The fourth-order valence-electron chi connectivity index (χ4n) is 3.33. The summed E-state index contributed by atoms with van der Waals surface area (Å²) in [5.74, 6) is -0.487. The summed E-state index contributed by atoms with van der Waals surface area (Å²) >= 11 is 0. The van der Waals surface area contributed by atoms with Gasteiger partial charge in [-0.25, -0.2) is 8.37 Å². The van der Waals surface area contributed by atoms with Gasteiger partial charge in [0.25, 0.3) is 0 Å². The second kappa shape index (κ2) is 14.6. The summed E-state index contributed by atoms with van der Waals surface area (Å²) in [5, 5.41) is 0. The third kappa shape index (κ3) is 19.4. The van der Waals surface area contributed by atoms with Gasteiger partial charge in [-0.3, -0.25) is 13.9 Å². The van der Waals surface area contributed by atoms with Crippen LogP contribution in [0.25, 0.3) is 0 Å². The van der Waals surface area contributed by atoms with Gasteiger partial charge in [-0.05, 0) is 12.8 Å². The van der Waals surface area contributed by atoms with E-state index < -0.39 is 20.8 Å². The van der Waals surface area contributed by atoms with Crippen molar-refractivity contribution in [1.82, 2.24) is 0 Å². The number of ether oxygens (including phenoxy) is 1. The molecule has 2 N–H and O–H groups in total. The molecule has 0 aliphatic rings. The Bertz CT molecular complexity index is 811. The highest BCUT2D eigenvalue weighted by Crippen LogP contribution is 2.16. The first-order valence-corrected chi connectivity index (χ1v) is 14.1. The van der Waals surface area contributed by atoms with E-state index in [1.54, 1.807) is 13.8 Å². The molecule has 0 fully saturated rings. The second-order valence-corrected chi connectivity index (χ2v) is 12.3. The molecule has 0 heterocycles. The summed E-state index contributed by atoms with van der Waals surface area (Å²) in [6, 6.07) is 0. The number of likely N-dealkylation sites (N-methyl/N-ethyl adjacent to an activating group) is 1. The lowest BCUT2D eigenvalue weighted by atomic mass is 10.1. The predicted octanol–water partition coefficient (Wildman–Crippen LogP) is 1.30. The van der Waals surface area contributed by atoms with E-state index in [2.05, 4.69) is 8.37 Å². The lowest BCUT2D eigenvalue weighted by Gasteiger charge is -2.31. The van der Waals surface area contributed by atoms with Crippen LogP contribution in [0.4, 0.5) is 0 Å². The van der Waals surface area contributed by atoms with Crippen LogP contribution in [0.15, 0.2) is 0 Å². The Hall–Kier alpha value is -0.870. The van der Waals surface area contributed by atoms with E-state index >= 15 is 0 Å². The Morgan fingerprint density at radius 1 is 0.735 bits per heavy atom. The molecular formula is C20H44N2O10S2+2. The van der Waals surface area contributed by atoms with Crippen LogP contribution in [0.3, 0.4) is 0 Å². The maximum Gasteiger partial charge on any atom is 0.397 e. The second-order valence-electron chi connectivity index (χ2n) is 10.1. The number of nitrogens with zero attached hydrogens (tertiary/aromatic N) is 2. The maximum absolute atomic E-state index is 12.2. The van der Waals surface area contributed by atoms with E-state index in [9.17, 15) is 21.6 Å². The summed E-state index contributed by atoms with van der Waals surface area (Å²) in [6.07, 6.45) is 3.11. The highest BCUT2D eigenvalue weighted by molar-refractivity contribution is 7.81. The van der Waals surface area contributed by atoms with Gasteiger partial charge in [0.1, 0.15) is 19.3 Å². The number of hydrogen-bond acceptors (Lipinski definition) is 8. The highest BCUT2D eigenvalue weighted by atomic mass is 32.3. The molecule has 0 aromatic carbocycles. The molecule has 12 nitrogen and oxygen atoms in total. The average Bonchev–Trinajstić information content (AvgIpc) is 2.62. The largest absolute Gasteiger partial charge is 0.462 e. The molecule has 0 radical (unpaired) electrons. The zero-order valence-corrected chi connectivity index (χ0v) is 22.9. The molecule has 0 rings (SSSR count). The van der Waals surface area contributed by atoms with Crippen molar-refractivity contribution in [3.8, 4) is 0 Å². The highest BCUT2D eigenvalue weighted by Gasteiger charge is 2.22. The number of rotatable bonds is 19. The van der Waals surface area contributed by atoms with Gasteiger partial charge in [-0.15, -0.1) is 0 Å². The summed E-state index contributed by atoms with van der Waals surface area (Å²) in [6.45, 7) is 5.90. The summed E-state index contributed by atoms with van der Waals surface area (Å²) in [5.41, 5.74) is 0. The van der Waals surface area contributed by atoms with Crippen molar-refractivity contribution in [2.75, 3.05) is 67.6 Å². The molecule has 0 aliphatic carbocycles. The van der Waals surface area contributed by atoms with Crippen LogP contribution < -0.4 is 0 Å². The van der Waals surface area contributed by atoms with Crippen molar-refractivity contribution >= 4 is 26.8 Å². The Balaban J connectivity index is 4.62. The number of carbonyl (C=O) groups is 1. The standard InChI is InChI=1S/C20H42N2O10S2/c1-18(2)20(23)32-19(11-8-13-22(5,6)15-17-31-34(27,28)29)10-7-12-21(3,4)14-9-16-30-33(24,25)26/h18-19H,7-17H2,1-6H3/p+2. The number of quaternary nitrogens is 2. The molecular weight excluding hydrogens is 492 g/mol. The van der Waals surface area contributed by atoms with Crippen molar-refractivity contribution < 1.29 is 52.8 Å². The molecule has 1 unspecified atom stereocenters. The SMILES string of the molecule is CC(C)C(=O)OC(CCC[N+](C)(C)CCCOS(=O)(=O)O)CCC[N+](C)(C)CCOS(=O)(=O)O. The molecule has 34 heavy (non-hydrogen) atoms. The van der Waals surface area contributed by atoms with Crippen LogP contribution in [0.1, 0.15) is 46.0 Å². The van der Waals surface area contributed by atoms with Gasteiger partial charge >= 0.3 is 26.8 Å². The minimum atomic E-state index is -4.45. The zero-order valence-electron chi connectivity index (χ0n) is 21.3. The van der Waals surface area contributed by atoms with Crippen LogP contribution >= 0.6 is 0 Å². The summed E-state index contributed by atoms with van der Waals surface area (Å²) in [7, 11) is -1.00. The molecule has 204 valence electrons. The number of hydrogen-bond donors (Lipinski definition) is 2. The van der Waals surface area contributed by atoms with E-state index in [0.29, 0.717) is 47.9 Å². The molecule has 0 spiro atoms. The summed E-state index contributed by atoms with van der Waals surface area (Å²) < 4.78 is 75.5. The maximum atomic E-state index is 12.2. The van der Waals surface area contributed by atoms with Gasteiger partial charge < -0.3 is 13.7 Å². The van der Waals surface area contributed by atoms with Crippen LogP contribution in [0.2, 0.25) is 0 Å². The Kier molecular flexibility index (Phi) is 14.3. The lowest BCUT2D eigenvalue weighted by molar-refractivity contribution is -0.891. The van der Waals surface area contributed by atoms with Crippen LogP contribution in [-0.4, -0.2) is 115 Å². The topological polar surface area (TPSA) is 154 Å². The molecule has 0 saturated carbocycles. The number of esters is 1. The minimum Gasteiger partial charge on any atom is -0.462 e. The van der Waals surface area contributed by atoms with Gasteiger partial charge in [0.2, 0.25) is 0 Å². The van der Waals surface area contributed by atoms with Gasteiger partial charge in [0.05, 0.1) is 60.3 Å². The van der Waals surface area contributed by atoms with E-state index in [-0.39, 0.29) is 31.2 Å². The average molecular weight is 537 g/mol. The van der Waals surface area contributed by atoms with E-state index in [0.717, 1.165) is 19.4 Å². The molecule has 0 saturated heterocycles. The first-order chi connectivity index (χ1) is 15.3.